The van der Waals surface area contributed by atoms with E-state index in [9.17, 15) is 4.79 Å². The summed E-state index contributed by atoms with van der Waals surface area (Å²) in [7, 11) is 5.40. The number of ether oxygens (including phenoxy) is 2. The Morgan fingerprint density at radius 3 is 2.42 bits per heavy atom. The molecule has 4 aromatic rings. The molecule has 3 heterocycles. The molecule has 38 heavy (non-hydrogen) atoms. The van der Waals surface area contributed by atoms with Crippen molar-refractivity contribution in [3.8, 4) is 33.9 Å². The van der Waals surface area contributed by atoms with Gasteiger partial charge in [0.1, 0.15) is 5.69 Å². The predicted molar refractivity (Wildman–Crippen MR) is 152 cm³/mol. The Hall–Kier alpha value is -3.84. The molecule has 0 aliphatic carbocycles. The molecule has 0 bridgehead atoms. The SMILES string of the molecule is COc1ccc(-c2[nH]c3ccc(-c4ccnc(C(=O)N5CCCN(C)CC5)c4)cc3c2C(C)C)cc1OC. The summed E-state index contributed by atoms with van der Waals surface area (Å²) >= 11 is 0. The first-order chi connectivity index (χ1) is 18.4. The van der Waals surface area contributed by atoms with Gasteiger partial charge in [-0.15, -0.1) is 0 Å². The highest BCUT2D eigenvalue weighted by Gasteiger charge is 2.21. The highest BCUT2D eigenvalue weighted by molar-refractivity contribution is 5.96. The maximum absolute atomic E-state index is 13.3. The van der Waals surface area contributed by atoms with Crippen LogP contribution in [-0.2, 0) is 0 Å². The maximum Gasteiger partial charge on any atom is 0.272 e. The lowest BCUT2D eigenvalue weighted by Crippen LogP contribution is -2.34. The molecule has 1 saturated heterocycles. The van der Waals surface area contributed by atoms with Crippen molar-refractivity contribution < 1.29 is 14.3 Å². The fraction of sp³-hybridized carbons (Fsp3) is 0.355. The molecule has 2 aromatic heterocycles. The predicted octanol–water partition coefficient (Wildman–Crippen LogP) is 5.82. The number of hydrogen-bond acceptors (Lipinski definition) is 5. The molecule has 1 aliphatic rings. The van der Waals surface area contributed by atoms with E-state index >= 15 is 0 Å². The number of carbonyl (C=O) groups is 1. The molecule has 198 valence electrons. The second-order valence-corrected chi connectivity index (χ2v) is 10.3. The van der Waals surface area contributed by atoms with Crippen molar-refractivity contribution in [2.24, 2.45) is 0 Å². The average molecular weight is 513 g/mol. The molecule has 0 atom stereocenters. The van der Waals surface area contributed by atoms with Gasteiger partial charge in [0, 0.05) is 42.3 Å². The van der Waals surface area contributed by atoms with E-state index in [0.29, 0.717) is 17.2 Å². The molecule has 2 aromatic carbocycles. The molecule has 0 spiro atoms. The van der Waals surface area contributed by atoms with Gasteiger partial charge in [-0.25, -0.2) is 0 Å². The van der Waals surface area contributed by atoms with Gasteiger partial charge in [0.15, 0.2) is 11.5 Å². The molecule has 0 unspecified atom stereocenters. The number of amides is 1. The van der Waals surface area contributed by atoms with Crippen molar-refractivity contribution in [1.29, 1.82) is 0 Å². The Balaban J connectivity index is 1.52. The molecule has 5 rings (SSSR count). The molecular formula is C31H36N4O3. The number of hydrogen-bond donors (Lipinski definition) is 1. The summed E-state index contributed by atoms with van der Waals surface area (Å²) in [5.41, 5.74) is 6.98. The first kappa shape index (κ1) is 25.8. The number of methoxy groups -OCH3 is 2. The van der Waals surface area contributed by atoms with Crippen LogP contribution in [0.3, 0.4) is 0 Å². The van der Waals surface area contributed by atoms with Crippen LogP contribution in [0.15, 0.2) is 54.7 Å². The Labute approximate surface area is 224 Å². The van der Waals surface area contributed by atoms with Crippen LogP contribution in [0.4, 0.5) is 0 Å². The van der Waals surface area contributed by atoms with Crippen LogP contribution < -0.4 is 9.47 Å². The van der Waals surface area contributed by atoms with Crippen LogP contribution >= 0.6 is 0 Å². The molecule has 7 nitrogen and oxygen atoms in total. The molecule has 1 N–H and O–H groups in total. The number of aromatic nitrogens is 2. The average Bonchev–Trinajstić information content (AvgIpc) is 3.19. The minimum atomic E-state index is 0.00322. The summed E-state index contributed by atoms with van der Waals surface area (Å²) < 4.78 is 11.0. The van der Waals surface area contributed by atoms with Gasteiger partial charge in [0.05, 0.1) is 19.9 Å². The third-order valence-electron chi connectivity index (χ3n) is 7.41. The van der Waals surface area contributed by atoms with E-state index < -0.39 is 0 Å². The van der Waals surface area contributed by atoms with Crippen LogP contribution in [0.2, 0.25) is 0 Å². The molecule has 1 fully saturated rings. The van der Waals surface area contributed by atoms with E-state index in [1.54, 1.807) is 20.4 Å². The van der Waals surface area contributed by atoms with Crippen LogP contribution in [-0.4, -0.2) is 73.1 Å². The van der Waals surface area contributed by atoms with Crippen LogP contribution in [0.5, 0.6) is 11.5 Å². The van der Waals surface area contributed by atoms with Gasteiger partial charge in [0.25, 0.3) is 5.91 Å². The fourth-order valence-corrected chi connectivity index (χ4v) is 5.35. The van der Waals surface area contributed by atoms with E-state index in [1.165, 1.54) is 10.9 Å². The first-order valence-corrected chi connectivity index (χ1v) is 13.2. The number of benzene rings is 2. The summed E-state index contributed by atoms with van der Waals surface area (Å²) in [5, 5.41) is 1.17. The zero-order valence-corrected chi connectivity index (χ0v) is 22.9. The minimum absolute atomic E-state index is 0.00322. The van der Waals surface area contributed by atoms with Gasteiger partial charge in [-0.3, -0.25) is 9.78 Å². The van der Waals surface area contributed by atoms with Gasteiger partial charge < -0.3 is 24.3 Å². The Morgan fingerprint density at radius 2 is 1.66 bits per heavy atom. The summed E-state index contributed by atoms with van der Waals surface area (Å²) in [6.45, 7) is 7.81. The van der Waals surface area contributed by atoms with Crippen LogP contribution in [0, 0.1) is 0 Å². The van der Waals surface area contributed by atoms with E-state index in [-0.39, 0.29) is 11.8 Å². The molecule has 0 saturated carbocycles. The molecule has 1 amide bonds. The number of carbonyl (C=O) groups excluding carboxylic acids is 1. The quantitative estimate of drug-likeness (QED) is 0.353. The second kappa shape index (κ2) is 10.9. The summed E-state index contributed by atoms with van der Waals surface area (Å²) in [4.78, 5) is 25.6. The molecule has 1 aliphatic heterocycles. The third-order valence-corrected chi connectivity index (χ3v) is 7.41. The Morgan fingerprint density at radius 1 is 0.895 bits per heavy atom. The van der Waals surface area contributed by atoms with Crippen molar-refractivity contribution in [2.45, 2.75) is 26.2 Å². The number of likely N-dealkylation sites (N-methyl/N-ethyl adjacent to an activating group) is 1. The van der Waals surface area contributed by atoms with E-state index in [0.717, 1.165) is 60.5 Å². The summed E-state index contributed by atoms with van der Waals surface area (Å²) in [6, 6.07) is 16.3. The first-order valence-electron chi connectivity index (χ1n) is 13.2. The standard InChI is InChI=1S/C31H36N4O3/c1-20(2)29-24-17-21(7-9-25(24)33-30(29)23-8-10-27(37-4)28(19-23)38-5)22-11-12-32-26(18-22)31(36)35-14-6-13-34(3)15-16-35/h7-12,17-20,33H,6,13-16H2,1-5H3. The molecule has 7 heteroatoms. The number of fused-ring (bicyclic) bond motifs is 1. The van der Waals surface area contributed by atoms with Crippen molar-refractivity contribution in [3.63, 3.8) is 0 Å². The molecular weight excluding hydrogens is 476 g/mol. The lowest BCUT2D eigenvalue weighted by molar-refractivity contribution is 0.0757. The van der Waals surface area contributed by atoms with Crippen LogP contribution in [0.25, 0.3) is 33.3 Å². The monoisotopic (exact) mass is 512 g/mol. The van der Waals surface area contributed by atoms with E-state index in [1.807, 2.05) is 29.2 Å². The van der Waals surface area contributed by atoms with Crippen molar-refractivity contribution >= 4 is 16.8 Å². The van der Waals surface area contributed by atoms with E-state index in [4.69, 9.17) is 9.47 Å². The second-order valence-electron chi connectivity index (χ2n) is 10.3. The van der Waals surface area contributed by atoms with Gasteiger partial charge in [0.2, 0.25) is 0 Å². The normalized spacial score (nSPS) is 14.6. The number of pyridine rings is 1. The Bertz CT molecular complexity index is 1460. The third kappa shape index (κ3) is 4.98. The largest absolute Gasteiger partial charge is 0.493 e. The van der Waals surface area contributed by atoms with Crippen molar-refractivity contribution in [2.75, 3.05) is 47.4 Å². The van der Waals surface area contributed by atoms with Gasteiger partial charge in [-0.2, -0.15) is 0 Å². The maximum atomic E-state index is 13.3. The summed E-state index contributed by atoms with van der Waals surface area (Å²) in [5.74, 6) is 1.70. The topological polar surface area (TPSA) is 70.7 Å². The number of aromatic amines is 1. The number of rotatable bonds is 6. The molecule has 0 radical (unpaired) electrons. The van der Waals surface area contributed by atoms with Crippen molar-refractivity contribution in [3.05, 3.63) is 66.0 Å². The van der Waals surface area contributed by atoms with Gasteiger partial charge >= 0.3 is 0 Å². The lowest BCUT2D eigenvalue weighted by Gasteiger charge is -2.20. The zero-order valence-electron chi connectivity index (χ0n) is 22.9. The van der Waals surface area contributed by atoms with Gasteiger partial charge in [-0.1, -0.05) is 19.9 Å². The lowest BCUT2D eigenvalue weighted by atomic mass is 9.94. The van der Waals surface area contributed by atoms with Gasteiger partial charge in [-0.05, 0) is 85.1 Å². The fourth-order valence-electron chi connectivity index (χ4n) is 5.35. The number of H-pyrrole nitrogens is 1. The minimum Gasteiger partial charge on any atom is -0.493 e. The number of nitrogens with one attached hydrogen (secondary N) is 1. The van der Waals surface area contributed by atoms with E-state index in [2.05, 4.69) is 60.0 Å². The zero-order chi connectivity index (χ0) is 26.8. The van der Waals surface area contributed by atoms with Crippen molar-refractivity contribution in [1.82, 2.24) is 19.8 Å². The highest BCUT2D eigenvalue weighted by Crippen LogP contribution is 2.40. The summed E-state index contributed by atoms with van der Waals surface area (Å²) in [6.07, 6.45) is 2.72. The van der Waals surface area contributed by atoms with Crippen LogP contribution in [0.1, 0.15) is 42.2 Å². The smallest absolute Gasteiger partial charge is 0.272 e. The Kier molecular flexibility index (Phi) is 7.38. The highest BCUT2D eigenvalue weighted by atomic mass is 16.5. The number of nitrogens with zero attached hydrogens (tertiary/aromatic N) is 3.